The van der Waals surface area contributed by atoms with Crippen molar-refractivity contribution >= 4 is 87.6 Å². The van der Waals surface area contributed by atoms with Gasteiger partial charge in [-0.2, -0.15) is 0 Å². The minimum absolute atomic E-state index is 0. The number of hydrogen-bond acceptors (Lipinski definition) is 27. The predicted molar refractivity (Wildman–Crippen MR) is 486 cm³/mol. The Morgan fingerprint density at radius 1 is 0.378 bits per heavy atom. The molecule has 12 aliphatic rings. The van der Waals surface area contributed by atoms with E-state index in [0.717, 1.165) is 156 Å². The van der Waals surface area contributed by atoms with E-state index in [1.54, 1.807) is 36.0 Å². The average molecular weight is 1970 g/mol. The molecule has 3 aliphatic carbocycles. The van der Waals surface area contributed by atoms with E-state index < -0.39 is 81.6 Å². The molecule has 18 rings (SSSR count). The maximum Gasteiger partial charge on any atom is 0.307 e. The van der Waals surface area contributed by atoms with Crippen molar-refractivity contribution in [2.45, 2.75) is 289 Å². The van der Waals surface area contributed by atoms with Crippen molar-refractivity contribution in [3.05, 3.63) is 71.7 Å². The molecular weight excluding hydrogens is 1840 g/mol. The normalized spacial score (nSPS) is 31.4. The molecule has 9 aliphatic heterocycles. The van der Waals surface area contributed by atoms with Crippen LogP contribution in [-0.2, 0) is 147 Å². The fraction of sp³-hybridized carbons (Fsp3) is 0.676. The smallest absolute Gasteiger partial charge is 0.307 e. The molecular formula is C102H132N9O21V3-3. The first kappa shape index (κ1) is 104. The molecule has 18 atom stereocenters. The minimum atomic E-state index is -0.800. The standard InChI is InChI=1S/C35H46N3O7.C34H44N3O7.C33H42N3O7.3V/c1-5-24-29(19-39)38-18-30(24)44-32-27(36-26-14-13-23(42-4)16-28(26)37-32)12-8-6-7-10-22-11-9-15-35(22,3)45-31(40)17-25(33(38)41)34(2)20-43-21-34;1-4-23-28(18-38)37-17-30(23)44-32-26(35-25-14-13-22(41-3)15-27(25)36-32)11-7-5-6-9-21-10-8-12-29(21)43-31(39)16-24(33(37)40)34(2)19-42-20-34;1-5-22-27(17-37)36-16-28(22)42-30-25(34-24-12-11-21(40-4)13-26(24)35-30)10-8-6-7-9-20-15-33(20,3)43-29(38)14-23(31(36)39)32(2)18-41-19-32;;;/h13-14,16,22,24-25,29-30H,5-12,15,17-18,20-21H2,1-4H3;13-15,21,23-24,28-30H,4-12,16-17,19-20H2,1-3H3;11-13,20,22-23,27-28H,5-10,14-16,18-19H2,1-4H3;;;/q3*-1;;;/t22-,24+,25-,29-,30+,35-;21-,23+,24-,28-,29-,30+;20-,22+,23-,27-,28+,33-;;;/m111.../s1. The Kier molecular flexibility index (Phi) is 34.8. The van der Waals surface area contributed by atoms with Gasteiger partial charge in [-0.3, -0.25) is 28.8 Å². The van der Waals surface area contributed by atoms with E-state index >= 15 is 0 Å². The van der Waals surface area contributed by atoms with Crippen molar-refractivity contribution in [2.75, 3.05) is 80.6 Å². The Bertz CT molecular complexity index is 5220. The number of rotatable bonds is 12. The molecule has 0 N–H and O–H groups in total. The third-order valence-corrected chi connectivity index (χ3v) is 31.5. The number of aromatic nitrogens is 6. The fourth-order valence-electron chi connectivity index (χ4n) is 22.9. The van der Waals surface area contributed by atoms with Gasteiger partial charge in [-0.25, -0.2) is 48.8 Å². The van der Waals surface area contributed by atoms with Crippen LogP contribution in [0.1, 0.15) is 233 Å². The summed E-state index contributed by atoms with van der Waals surface area (Å²) >= 11 is 0. The van der Waals surface area contributed by atoms with Crippen LogP contribution in [0.15, 0.2) is 54.6 Å². The van der Waals surface area contributed by atoms with Crippen LogP contribution in [0.4, 0.5) is 0 Å². The first-order chi connectivity index (χ1) is 63.7. The zero-order valence-corrected chi connectivity index (χ0v) is 84.2. The van der Waals surface area contributed by atoms with Crippen LogP contribution < -0.4 is 28.4 Å². The average Bonchev–Trinajstić information content (AvgIpc) is 1.66. The molecule has 0 unspecified atom stereocenters. The number of hydrogen-bond donors (Lipinski definition) is 0. The van der Waals surface area contributed by atoms with Crippen molar-refractivity contribution < 1.29 is 156 Å². The van der Waals surface area contributed by atoms with Crippen LogP contribution in [0.3, 0.4) is 0 Å². The summed E-state index contributed by atoms with van der Waals surface area (Å²) in [5.74, 6) is -0.449. The largest absolute Gasteiger partial charge is 0.540 e. The van der Waals surface area contributed by atoms with Gasteiger partial charge >= 0.3 is 17.9 Å². The number of fused-ring (bicyclic) bond motifs is 15. The predicted octanol–water partition coefficient (Wildman–Crippen LogP) is 13.8. The number of carbonyl (C=O) groups is 6. The summed E-state index contributed by atoms with van der Waals surface area (Å²) < 4.78 is 71.0. The molecule has 9 fully saturated rings. The van der Waals surface area contributed by atoms with Gasteiger partial charge in [0.15, 0.2) is 0 Å². The summed E-state index contributed by atoms with van der Waals surface area (Å²) in [6, 6.07) is 14.4. The summed E-state index contributed by atoms with van der Waals surface area (Å²) in [6.07, 6.45) is 27.1. The molecule has 30 nitrogen and oxygen atoms in total. The molecule has 3 amide bonds. The van der Waals surface area contributed by atoms with Gasteiger partial charge in [0.2, 0.25) is 35.4 Å². The van der Waals surface area contributed by atoms with E-state index in [-0.39, 0.29) is 160 Å². The van der Waals surface area contributed by atoms with Gasteiger partial charge in [-0.1, -0.05) is 117 Å². The Morgan fingerprint density at radius 3 is 1.07 bits per heavy atom. The molecule has 12 heterocycles. The van der Waals surface area contributed by atoms with Gasteiger partial charge in [0.1, 0.15) is 69.9 Å². The van der Waals surface area contributed by atoms with E-state index in [2.05, 4.69) is 25.8 Å². The van der Waals surface area contributed by atoms with Gasteiger partial charge in [-0.05, 0) is 183 Å². The van der Waals surface area contributed by atoms with Crippen LogP contribution in [0.2, 0.25) is 0 Å². The summed E-state index contributed by atoms with van der Waals surface area (Å²) in [7, 11) is 4.84. The van der Waals surface area contributed by atoms with Gasteiger partial charge in [0.25, 0.3) is 0 Å². The number of esters is 3. The maximum absolute atomic E-state index is 14.4. The molecule has 6 saturated heterocycles. The Hall–Kier alpha value is -8.06. The van der Waals surface area contributed by atoms with Crippen LogP contribution in [0.5, 0.6) is 34.9 Å². The molecule has 135 heavy (non-hydrogen) atoms. The van der Waals surface area contributed by atoms with E-state index in [9.17, 15) is 43.2 Å². The van der Waals surface area contributed by atoms with Crippen molar-refractivity contribution in [1.29, 1.82) is 0 Å². The van der Waals surface area contributed by atoms with E-state index in [4.69, 9.17) is 86.7 Å². The van der Waals surface area contributed by atoms with E-state index in [1.807, 2.05) is 103 Å². The molecule has 3 aromatic heterocycles. The molecule has 6 bridgehead atoms. The second-order valence-electron chi connectivity index (χ2n) is 40.6. The Balaban J connectivity index is 0.000000170. The SMILES string of the molecule is CC[C@@H]1[C@@H]2CN(C(=O)[C@H](C3(C)COC3)CC(=O)O[C@@H]3CCC[C@H]3CCCCCc3nc4ccc(OC)cc4nc3O2)[C@@H]1[C-]=O.CC[C@@H]1[C@@H]2CN(C(=O)[C@H](C3(C)COC3)CC(=O)O[C@]3(C)CCC[C@H]3CCCCCc3nc4ccc(OC)cc4nc3O2)[C@@H]1[C-]=O.CC[C@@H]1[C@@H]2CN(C(=O)[C@H](C3(C)COC3)CC(=O)O[C@]3(C)C[C@H]3CCCCCc3nc4ccc(OC)cc4nc3O2)[C@@H]1[C-]=O.[V].[V].[V]. The second-order valence-corrected chi connectivity index (χ2v) is 40.6. The maximum atomic E-state index is 14.4. The molecule has 0 spiro atoms. The first-order valence-electron chi connectivity index (χ1n) is 48.6. The summed E-state index contributed by atoms with van der Waals surface area (Å²) in [6.45, 7) is 18.7. The molecule has 729 valence electrons. The van der Waals surface area contributed by atoms with Crippen LogP contribution in [-0.4, -0.2) is 233 Å². The summed E-state index contributed by atoms with van der Waals surface area (Å²) in [4.78, 5) is 155. The topological polar surface area (TPSA) is 351 Å². The summed E-state index contributed by atoms with van der Waals surface area (Å²) in [5.41, 5.74) is 3.99. The molecule has 33 heteroatoms. The Morgan fingerprint density at radius 2 is 0.719 bits per heavy atom. The van der Waals surface area contributed by atoms with Gasteiger partial charge in [-0.15, -0.1) is 0 Å². The van der Waals surface area contributed by atoms with E-state index in [1.165, 1.54) is 0 Å². The monoisotopic (exact) mass is 1970 g/mol. The molecule has 3 radical (unpaired) electrons. The van der Waals surface area contributed by atoms with Gasteiger partial charge < -0.3 is 85.9 Å². The molecule has 3 aromatic carbocycles. The zero-order valence-electron chi connectivity index (χ0n) is 80.0. The number of nitrogens with zero attached hydrogens (tertiary/aromatic N) is 9. The number of ether oxygens (including phenoxy) is 12. The van der Waals surface area contributed by atoms with Crippen molar-refractivity contribution in [2.24, 2.45) is 69.5 Å². The quantitative estimate of drug-likeness (QED) is 0.0624. The van der Waals surface area contributed by atoms with Gasteiger partial charge in [0, 0.05) is 96.0 Å². The number of methoxy groups -OCH3 is 3. The van der Waals surface area contributed by atoms with Crippen LogP contribution in [0, 0.1) is 69.5 Å². The number of carbonyl (C=O) groups excluding carboxylic acids is 9. The molecule has 6 aromatic rings. The van der Waals surface area contributed by atoms with Crippen LogP contribution >= 0.6 is 0 Å². The first-order valence-corrected chi connectivity index (χ1v) is 48.6. The van der Waals surface area contributed by atoms with Gasteiger partial charge in [0.05, 0.1) is 151 Å². The second kappa shape index (κ2) is 45.0. The van der Waals surface area contributed by atoms with Crippen molar-refractivity contribution in [3.8, 4) is 34.9 Å². The number of benzene rings is 3. The minimum Gasteiger partial charge on any atom is -0.540 e. The Labute approximate surface area is 827 Å². The zero-order chi connectivity index (χ0) is 93.0. The molecule has 3 saturated carbocycles. The fourth-order valence-corrected chi connectivity index (χ4v) is 22.9. The third-order valence-electron chi connectivity index (χ3n) is 31.5. The summed E-state index contributed by atoms with van der Waals surface area (Å²) in [5, 5.41) is 0. The van der Waals surface area contributed by atoms with Crippen molar-refractivity contribution in [1.82, 2.24) is 44.6 Å². The van der Waals surface area contributed by atoms with E-state index in [0.29, 0.717) is 141 Å². The number of aryl methyl sites for hydroxylation is 3. The van der Waals surface area contributed by atoms with Crippen molar-refractivity contribution in [3.63, 3.8) is 0 Å². The van der Waals surface area contributed by atoms with Crippen LogP contribution in [0.25, 0.3) is 33.1 Å². The number of amides is 3. The third kappa shape index (κ3) is 22.5.